The molecule has 2 N–H and O–H groups in total. The molecule has 1 saturated heterocycles. The van der Waals surface area contributed by atoms with Crippen LogP contribution in [0.1, 0.15) is 48.8 Å². The number of aromatic amines is 1. The van der Waals surface area contributed by atoms with E-state index < -0.39 is 18.9 Å². The first-order valence-corrected chi connectivity index (χ1v) is 11.8. The van der Waals surface area contributed by atoms with Gasteiger partial charge in [0.05, 0.1) is 19.0 Å². The molecule has 1 aromatic heterocycles. The molecule has 0 radical (unpaired) electrons. The summed E-state index contributed by atoms with van der Waals surface area (Å²) in [6, 6.07) is 3.31. The minimum Gasteiger partial charge on any atom is -0.496 e. The highest BCUT2D eigenvalue weighted by Crippen LogP contribution is 2.36. The number of halogens is 2. The molecule has 0 bridgehead atoms. The molecule has 2 fully saturated rings. The van der Waals surface area contributed by atoms with Gasteiger partial charge in [-0.1, -0.05) is 0 Å². The number of aromatic nitrogens is 2. The van der Waals surface area contributed by atoms with Gasteiger partial charge < -0.3 is 24.5 Å². The third-order valence-electron chi connectivity index (χ3n) is 5.90. The van der Waals surface area contributed by atoms with Gasteiger partial charge in [0.25, 0.3) is 12.3 Å². The Bertz CT molecular complexity index is 1090. The van der Waals surface area contributed by atoms with E-state index >= 15 is 0 Å². The SMILES string of the molecule is CC=N/C(=C\c1ncc(-c2cc(OC)c(C(=O)NC3CC3)c(OCC(F)F)c2)[nH]1)C1CCOCC1. The second-order valence-corrected chi connectivity index (χ2v) is 8.53. The number of aliphatic imine (C=N–C) groups is 1. The summed E-state index contributed by atoms with van der Waals surface area (Å²) in [5.74, 6) is 0.744. The normalized spacial score (nSPS) is 17.2. The second-order valence-electron chi connectivity index (χ2n) is 8.53. The predicted octanol–water partition coefficient (Wildman–Crippen LogP) is 4.48. The number of nitrogens with zero attached hydrogens (tertiary/aromatic N) is 2. The van der Waals surface area contributed by atoms with Gasteiger partial charge in [-0.2, -0.15) is 0 Å². The fourth-order valence-electron chi connectivity index (χ4n) is 3.98. The number of hydrogen-bond donors (Lipinski definition) is 2. The Morgan fingerprint density at radius 3 is 2.69 bits per heavy atom. The van der Waals surface area contributed by atoms with Gasteiger partial charge in [0, 0.05) is 48.7 Å². The lowest BCUT2D eigenvalue weighted by Crippen LogP contribution is -2.26. The minimum absolute atomic E-state index is 0.0305. The van der Waals surface area contributed by atoms with E-state index in [-0.39, 0.29) is 29.0 Å². The molecule has 8 nitrogen and oxygen atoms in total. The van der Waals surface area contributed by atoms with Gasteiger partial charge in [0.15, 0.2) is 0 Å². The number of imidazole rings is 1. The molecule has 0 spiro atoms. The number of carbonyl (C=O) groups is 1. The van der Waals surface area contributed by atoms with Gasteiger partial charge in [0.1, 0.15) is 29.5 Å². The van der Waals surface area contributed by atoms with Crippen molar-refractivity contribution in [3.63, 3.8) is 0 Å². The van der Waals surface area contributed by atoms with Gasteiger partial charge >= 0.3 is 0 Å². The summed E-state index contributed by atoms with van der Waals surface area (Å²) in [7, 11) is 1.42. The standard InChI is InChI=1S/C25H30F2N4O4/c1-3-28-18(15-6-8-34-9-7-15)12-23-29-13-19(31-23)16-10-20(33-2)24(25(32)30-17-4-5-17)21(11-16)35-14-22(26)27/h3,10-13,15,17,22H,4-9,14H2,1-2H3,(H,29,31)(H,30,32)/b18-12-,28-3?. The van der Waals surface area contributed by atoms with Gasteiger partial charge in [-0.3, -0.25) is 9.79 Å². The van der Waals surface area contributed by atoms with E-state index in [1.807, 2.05) is 13.0 Å². The number of alkyl halides is 2. The maximum atomic E-state index is 12.9. The number of methoxy groups -OCH3 is 1. The average Bonchev–Trinajstić information content (AvgIpc) is 3.55. The number of allylic oxidation sites excluding steroid dienone is 1. The molecule has 2 aromatic rings. The molecule has 2 heterocycles. The van der Waals surface area contributed by atoms with Gasteiger partial charge in [-0.15, -0.1) is 0 Å². The summed E-state index contributed by atoms with van der Waals surface area (Å²) in [6.07, 6.45) is 6.18. The van der Waals surface area contributed by atoms with Crippen molar-refractivity contribution in [2.45, 2.75) is 45.1 Å². The number of rotatable bonds is 10. The van der Waals surface area contributed by atoms with Crippen molar-refractivity contribution in [3.8, 4) is 22.8 Å². The quantitative estimate of drug-likeness (QED) is 0.481. The van der Waals surface area contributed by atoms with E-state index in [9.17, 15) is 13.6 Å². The number of H-pyrrole nitrogens is 1. The molecule has 2 aliphatic rings. The maximum Gasteiger partial charge on any atom is 0.272 e. The van der Waals surface area contributed by atoms with E-state index in [4.69, 9.17) is 14.2 Å². The van der Waals surface area contributed by atoms with Crippen LogP contribution in [0, 0.1) is 5.92 Å². The van der Waals surface area contributed by atoms with E-state index in [1.165, 1.54) is 7.11 Å². The average molecular weight is 489 g/mol. The molecule has 1 amide bonds. The third-order valence-corrected chi connectivity index (χ3v) is 5.90. The predicted molar refractivity (Wildman–Crippen MR) is 128 cm³/mol. The molecule has 35 heavy (non-hydrogen) atoms. The second kappa shape index (κ2) is 11.4. The summed E-state index contributed by atoms with van der Waals surface area (Å²) in [5, 5.41) is 2.86. The van der Waals surface area contributed by atoms with E-state index in [1.54, 1.807) is 24.5 Å². The molecule has 0 atom stereocenters. The fraction of sp³-hybridized carbons (Fsp3) is 0.480. The highest BCUT2D eigenvalue weighted by molar-refractivity contribution is 6.01. The fourth-order valence-corrected chi connectivity index (χ4v) is 3.98. The van der Waals surface area contributed by atoms with Gasteiger partial charge in [-0.05, 0) is 44.7 Å². The summed E-state index contributed by atoms with van der Waals surface area (Å²) >= 11 is 0. The van der Waals surface area contributed by atoms with Crippen molar-refractivity contribution in [1.82, 2.24) is 15.3 Å². The Balaban J connectivity index is 1.66. The van der Waals surface area contributed by atoms with Gasteiger partial charge in [0.2, 0.25) is 0 Å². The monoisotopic (exact) mass is 488 g/mol. The Kier molecular flexibility index (Phi) is 8.12. The molecule has 4 rings (SSSR count). The van der Waals surface area contributed by atoms with Crippen LogP contribution in [0.3, 0.4) is 0 Å². The zero-order valence-electron chi connectivity index (χ0n) is 19.9. The number of amides is 1. The Labute approximate surface area is 202 Å². The number of hydrogen-bond acceptors (Lipinski definition) is 6. The van der Waals surface area contributed by atoms with Crippen molar-refractivity contribution in [2.75, 3.05) is 26.9 Å². The molecule has 1 saturated carbocycles. The van der Waals surface area contributed by atoms with E-state index in [0.29, 0.717) is 30.3 Å². The smallest absolute Gasteiger partial charge is 0.272 e. The lowest BCUT2D eigenvalue weighted by molar-refractivity contribution is 0.0757. The van der Waals surface area contributed by atoms with Crippen LogP contribution in [0.25, 0.3) is 17.3 Å². The summed E-state index contributed by atoms with van der Waals surface area (Å²) < 4.78 is 42.1. The Morgan fingerprint density at radius 2 is 2.03 bits per heavy atom. The van der Waals surface area contributed by atoms with Crippen molar-refractivity contribution in [2.24, 2.45) is 10.9 Å². The minimum atomic E-state index is -2.68. The molecule has 0 unspecified atom stereocenters. The van der Waals surface area contributed by atoms with Crippen LogP contribution in [0.4, 0.5) is 8.78 Å². The van der Waals surface area contributed by atoms with Crippen LogP contribution < -0.4 is 14.8 Å². The van der Waals surface area contributed by atoms with Crippen molar-refractivity contribution < 1.29 is 27.8 Å². The first kappa shape index (κ1) is 24.8. The van der Waals surface area contributed by atoms with Crippen LogP contribution in [-0.2, 0) is 4.74 Å². The number of benzene rings is 1. The van der Waals surface area contributed by atoms with Crippen molar-refractivity contribution in [1.29, 1.82) is 0 Å². The number of nitrogens with one attached hydrogen (secondary N) is 2. The largest absolute Gasteiger partial charge is 0.496 e. The summed E-state index contributed by atoms with van der Waals surface area (Å²) in [6.45, 7) is 2.44. The van der Waals surface area contributed by atoms with E-state index in [2.05, 4.69) is 20.3 Å². The molecular weight excluding hydrogens is 458 g/mol. The first-order chi connectivity index (χ1) is 17.0. The summed E-state index contributed by atoms with van der Waals surface area (Å²) in [4.78, 5) is 25.0. The highest BCUT2D eigenvalue weighted by atomic mass is 19.3. The molecule has 188 valence electrons. The lowest BCUT2D eigenvalue weighted by Gasteiger charge is -2.22. The maximum absolute atomic E-state index is 12.9. The molecule has 10 heteroatoms. The van der Waals surface area contributed by atoms with Crippen LogP contribution in [-0.4, -0.2) is 61.5 Å². The zero-order valence-corrected chi connectivity index (χ0v) is 19.9. The van der Waals surface area contributed by atoms with Crippen LogP contribution >= 0.6 is 0 Å². The Morgan fingerprint density at radius 1 is 1.29 bits per heavy atom. The molecular formula is C25H30F2N4O4. The van der Waals surface area contributed by atoms with Gasteiger partial charge in [-0.25, -0.2) is 13.8 Å². The van der Waals surface area contributed by atoms with Crippen LogP contribution in [0.5, 0.6) is 11.5 Å². The molecule has 1 aromatic carbocycles. The van der Waals surface area contributed by atoms with Crippen LogP contribution in [0.2, 0.25) is 0 Å². The first-order valence-electron chi connectivity index (χ1n) is 11.8. The summed E-state index contributed by atoms with van der Waals surface area (Å²) in [5.41, 5.74) is 2.23. The third kappa shape index (κ3) is 6.45. The highest BCUT2D eigenvalue weighted by Gasteiger charge is 2.28. The zero-order chi connectivity index (χ0) is 24.8. The van der Waals surface area contributed by atoms with Crippen molar-refractivity contribution in [3.05, 3.63) is 35.4 Å². The van der Waals surface area contributed by atoms with Crippen molar-refractivity contribution >= 4 is 18.2 Å². The van der Waals surface area contributed by atoms with Crippen LogP contribution in [0.15, 0.2) is 29.0 Å². The topological polar surface area (TPSA) is 97.8 Å². The van der Waals surface area contributed by atoms with E-state index in [0.717, 1.165) is 31.4 Å². The lowest BCUT2D eigenvalue weighted by atomic mass is 9.96. The number of carbonyl (C=O) groups excluding carboxylic acids is 1. The Hall–Kier alpha value is -3.27. The molecule has 1 aliphatic carbocycles. The number of ether oxygens (including phenoxy) is 3. The molecule has 1 aliphatic heterocycles.